The zero-order chi connectivity index (χ0) is 13.7. The molecule has 0 radical (unpaired) electrons. The van der Waals surface area contributed by atoms with Crippen molar-refractivity contribution in [1.29, 1.82) is 0 Å². The number of fused-ring (bicyclic) bond motifs is 1. The third-order valence-corrected chi connectivity index (χ3v) is 4.49. The van der Waals surface area contributed by atoms with Crippen LogP contribution in [0.2, 0.25) is 0 Å². The number of ether oxygens (including phenoxy) is 1. The summed E-state index contributed by atoms with van der Waals surface area (Å²) >= 11 is 0. The van der Waals surface area contributed by atoms with Crippen LogP contribution in [0.3, 0.4) is 0 Å². The summed E-state index contributed by atoms with van der Waals surface area (Å²) in [5.74, 6) is 0.282. The minimum absolute atomic E-state index is 0.0372. The highest BCUT2D eigenvalue weighted by Crippen LogP contribution is 2.52. The van der Waals surface area contributed by atoms with E-state index >= 15 is 0 Å². The van der Waals surface area contributed by atoms with Crippen molar-refractivity contribution in [2.75, 3.05) is 19.8 Å². The number of hydrogen-bond acceptors (Lipinski definition) is 4. The average Bonchev–Trinajstić information content (AvgIpc) is 2.88. The van der Waals surface area contributed by atoms with Crippen LogP contribution in [-0.4, -0.2) is 35.8 Å². The Bertz CT molecular complexity index is 526. The second kappa shape index (κ2) is 4.49. The summed E-state index contributed by atoms with van der Waals surface area (Å²) in [5, 5.41) is 1.47. The molecule has 6 heteroatoms. The number of carbonyl (C=O) groups excluding carboxylic acids is 1. The lowest BCUT2D eigenvalue weighted by atomic mass is 10.1. The zero-order valence-corrected chi connectivity index (χ0v) is 10.9. The Hall–Kier alpha value is -1.53. The van der Waals surface area contributed by atoms with Gasteiger partial charge < -0.3 is 4.74 Å². The fourth-order valence-corrected chi connectivity index (χ4v) is 3.33. The number of aromatic nitrogens is 1. The second-order valence-electron chi connectivity index (χ2n) is 5.61. The van der Waals surface area contributed by atoms with Gasteiger partial charge in [0.15, 0.2) is 0 Å². The van der Waals surface area contributed by atoms with E-state index in [4.69, 9.17) is 9.57 Å². The molecule has 3 atom stereocenters. The summed E-state index contributed by atoms with van der Waals surface area (Å²) in [7, 11) is 0. The number of nitrogens with zero attached hydrogens (tertiary/aromatic N) is 2. The zero-order valence-electron chi connectivity index (χ0n) is 10.9. The second-order valence-corrected chi connectivity index (χ2v) is 5.61. The third kappa shape index (κ3) is 1.83. The summed E-state index contributed by atoms with van der Waals surface area (Å²) in [6, 6.07) is 2.83. The first-order valence-corrected chi connectivity index (χ1v) is 6.91. The summed E-state index contributed by atoms with van der Waals surface area (Å²) in [5.41, 5.74) is 0.819. The van der Waals surface area contributed by atoms with Gasteiger partial charge in [-0.25, -0.2) is 10.0 Å². The maximum Gasteiger partial charge on any atom is 0.250 e. The van der Waals surface area contributed by atoms with Crippen LogP contribution in [-0.2, 0) is 14.4 Å². The van der Waals surface area contributed by atoms with Gasteiger partial charge in [-0.2, -0.15) is 4.39 Å². The topological polar surface area (TPSA) is 51.7 Å². The highest BCUT2D eigenvalue weighted by atomic mass is 19.1. The van der Waals surface area contributed by atoms with Crippen LogP contribution in [0.15, 0.2) is 18.3 Å². The Morgan fingerprint density at radius 1 is 1.35 bits per heavy atom. The van der Waals surface area contributed by atoms with Gasteiger partial charge in [-0.05, 0) is 11.6 Å². The molecule has 4 rings (SSSR count). The Kier molecular flexibility index (Phi) is 2.75. The molecular formula is C14H15FN2O3. The first kappa shape index (κ1) is 12.2. The van der Waals surface area contributed by atoms with Crippen LogP contribution in [0.5, 0.6) is 0 Å². The molecule has 5 nitrogen and oxygen atoms in total. The molecule has 2 unspecified atom stereocenters. The van der Waals surface area contributed by atoms with Crippen molar-refractivity contribution in [2.24, 2.45) is 17.8 Å². The molecule has 0 spiro atoms. The van der Waals surface area contributed by atoms with Gasteiger partial charge in [-0.1, -0.05) is 6.07 Å². The molecule has 0 N–H and O–H groups in total. The quantitative estimate of drug-likeness (QED) is 0.766. The maximum atomic E-state index is 12.9. The van der Waals surface area contributed by atoms with Gasteiger partial charge in [0.25, 0.3) is 5.91 Å². The van der Waals surface area contributed by atoms with Crippen molar-refractivity contribution in [3.63, 3.8) is 0 Å². The summed E-state index contributed by atoms with van der Waals surface area (Å²) in [4.78, 5) is 21.7. The highest BCUT2D eigenvalue weighted by Gasteiger charge is 2.60. The van der Waals surface area contributed by atoms with Crippen molar-refractivity contribution >= 4 is 5.91 Å². The third-order valence-electron chi connectivity index (χ3n) is 4.49. The highest BCUT2D eigenvalue weighted by molar-refractivity contribution is 5.82. The molecule has 3 heterocycles. The van der Waals surface area contributed by atoms with Crippen LogP contribution in [0.4, 0.5) is 4.39 Å². The van der Waals surface area contributed by atoms with E-state index in [9.17, 15) is 9.18 Å². The summed E-state index contributed by atoms with van der Waals surface area (Å²) < 4.78 is 18.2. The molecule has 0 bridgehead atoms. The van der Waals surface area contributed by atoms with Crippen LogP contribution >= 0.6 is 0 Å². The Labute approximate surface area is 115 Å². The number of pyridine rings is 1. The van der Waals surface area contributed by atoms with Gasteiger partial charge in [-0.15, -0.1) is 0 Å². The Balaban J connectivity index is 1.52. The smallest absolute Gasteiger partial charge is 0.250 e. The number of amides is 1. The van der Waals surface area contributed by atoms with Crippen LogP contribution in [0.25, 0.3) is 0 Å². The van der Waals surface area contributed by atoms with Gasteiger partial charge >= 0.3 is 0 Å². The Morgan fingerprint density at radius 2 is 2.15 bits per heavy atom. The first-order valence-electron chi connectivity index (χ1n) is 6.91. The molecule has 1 aromatic heterocycles. The minimum Gasteiger partial charge on any atom is -0.381 e. The van der Waals surface area contributed by atoms with Crippen molar-refractivity contribution in [3.05, 3.63) is 29.8 Å². The molecule has 106 valence electrons. The lowest BCUT2D eigenvalue weighted by Gasteiger charge is -2.23. The van der Waals surface area contributed by atoms with Crippen molar-refractivity contribution in [2.45, 2.75) is 12.5 Å². The fourth-order valence-electron chi connectivity index (χ4n) is 3.33. The number of hydroxylamine groups is 2. The average molecular weight is 278 g/mol. The standard InChI is InChI=1S/C14H15FN2O3/c15-12-2-1-8(5-16-12)11-3-4-20-17(11)14(18)13-9-6-19-7-10(9)13/h1-2,5,9-11,13H,3-4,6-7H2/t9?,10?,11-,13?/m0/s1. The van der Waals surface area contributed by atoms with Gasteiger partial charge in [0.2, 0.25) is 5.95 Å². The number of carbonyl (C=O) groups is 1. The lowest BCUT2D eigenvalue weighted by molar-refractivity contribution is -0.180. The van der Waals surface area contributed by atoms with Crippen molar-refractivity contribution in [1.82, 2.24) is 10.0 Å². The molecule has 3 aliphatic rings. The predicted molar refractivity (Wildman–Crippen MR) is 65.6 cm³/mol. The van der Waals surface area contributed by atoms with E-state index in [0.717, 1.165) is 12.0 Å². The molecule has 1 aromatic rings. The largest absolute Gasteiger partial charge is 0.381 e. The fraction of sp³-hybridized carbons (Fsp3) is 0.571. The van der Waals surface area contributed by atoms with Crippen molar-refractivity contribution in [3.8, 4) is 0 Å². The van der Waals surface area contributed by atoms with Crippen molar-refractivity contribution < 1.29 is 18.8 Å². The number of rotatable bonds is 2. The molecule has 3 fully saturated rings. The lowest BCUT2D eigenvalue weighted by Crippen LogP contribution is -2.32. The van der Waals surface area contributed by atoms with E-state index in [1.807, 2.05) is 0 Å². The number of hydrogen-bond donors (Lipinski definition) is 0. The molecule has 2 aliphatic heterocycles. The van der Waals surface area contributed by atoms with Crippen LogP contribution in [0.1, 0.15) is 18.0 Å². The monoisotopic (exact) mass is 278 g/mol. The Morgan fingerprint density at radius 3 is 2.85 bits per heavy atom. The molecule has 0 aromatic carbocycles. The van der Waals surface area contributed by atoms with Gasteiger partial charge in [-0.3, -0.25) is 9.63 Å². The van der Waals surface area contributed by atoms with Crippen LogP contribution < -0.4 is 0 Å². The van der Waals surface area contributed by atoms with Gasteiger partial charge in [0.05, 0.1) is 31.8 Å². The van der Waals surface area contributed by atoms with E-state index in [0.29, 0.717) is 31.7 Å². The molecular weight excluding hydrogens is 263 g/mol. The molecule has 2 saturated heterocycles. The van der Waals surface area contributed by atoms with E-state index in [1.54, 1.807) is 6.07 Å². The molecule has 1 amide bonds. The normalized spacial score (nSPS) is 35.1. The van der Waals surface area contributed by atoms with E-state index in [2.05, 4.69) is 4.98 Å². The van der Waals surface area contributed by atoms with E-state index in [-0.39, 0.29) is 17.9 Å². The van der Waals surface area contributed by atoms with Gasteiger partial charge in [0.1, 0.15) is 0 Å². The molecule has 1 aliphatic carbocycles. The summed E-state index contributed by atoms with van der Waals surface area (Å²) in [6.45, 7) is 1.86. The summed E-state index contributed by atoms with van der Waals surface area (Å²) in [6.07, 6.45) is 2.20. The van der Waals surface area contributed by atoms with E-state index in [1.165, 1.54) is 17.3 Å². The van der Waals surface area contributed by atoms with Gasteiger partial charge in [0, 0.05) is 24.5 Å². The minimum atomic E-state index is -0.514. The maximum absolute atomic E-state index is 12.9. The van der Waals surface area contributed by atoms with Crippen LogP contribution in [0, 0.1) is 23.7 Å². The first-order chi connectivity index (χ1) is 9.75. The molecule has 20 heavy (non-hydrogen) atoms. The SMILES string of the molecule is O=C(C1C2COCC21)N1OCC[C@H]1c1ccc(F)nc1. The van der Waals surface area contributed by atoms with E-state index < -0.39 is 5.95 Å². The predicted octanol–water partition coefficient (Wildman–Crippen LogP) is 1.32. The molecule has 1 saturated carbocycles. The number of halogens is 1.